The first-order chi connectivity index (χ1) is 4.68. The molecular weight excluding hydrogens is 128 g/mol. The van der Waals surface area contributed by atoms with Gasteiger partial charge in [-0.05, 0) is 26.2 Å². The van der Waals surface area contributed by atoms with Crippen LogP contribution >= 0.6 is 0 Å². The Hall–Kier alpha value is -0.0800. The van der Waals surface area contributed by atoms with Crippen molar-refractivity contribution in [1.82, 2.24) is 0 Å². The van der Waals surface area contributed by atoms with E-state index < -0.39 is 0 Å². The first-order valence-electron chi connectivity index (χ1n) is 3.93. The molecule has 0 aromatic rings. The average molecular weight is 142 g/mol. The van der Waals surface area contributed by atoms with Gasteiger partial charge in [0, 0.05) is 5.41 Å². The smallest absolute Gasteiger partial charge is 0.0662 e. The molecule has 0 spiro atoms. The SMILES string of the molecule is CC12CCC(CO)(CO1)C2. The molecule has 10 heavy (non-hydrogen) atoms. The summed E-state index contributed by atoms with van der Waals surface area (Å²) >= 11 is 0. The second kappa shape index (κ2) is 1.74. The maximum absolute atomic E-state index is 9.08. The summed E-state index contributed by atoms with van der Waals surface area (Å²) in [6.45, 7) is 3.24. The number of fused-ring (bicyclic) bond motifs is 2. The highest BCUT2D eigenvalue weighted by atomic mass is 16.5. The highest BCUT2D eigenvalue weighted by Crippen LogP contribution is 2.52. The predicted molar refractivity (Wildman–Crippen MR) is 37.7 cm³/mol. The van der Waals surface area contributed by atoms with Crippen molar-refractivity contribution < 1.29 is 9.84 Å². The second-order valence-electron chi connectivity index (χ2n) is 4.07. The predicted octanol–water partition coefficient (Wildman–Crippen LogP) is 0.938. The summed E-state index contributed by atoms with van der Waals surface area (Å²) < 4.78 is 5.57. The van der Waals surface area contributed by atoms with E-state index in [9.17, 15) is 0 Å². The Morgan fingerprint density at radius 1 is 1.50 bits per heavy atom. The summed E-state index contributed by atoms with van der Waals surface area (Å²) in [7, 11) is 0. The molecule has 2 bridgehead atoms. The van der Waals surface area contributed by atoms with Gasteiger partial charge in [-0.3, -0.25) is 0 Å². The van der Waals surface area contributed by atoms with Crippen molar-refractivity contribution in [2.45, 2.75) is 31.8 Å². The maximum Gasteiger partial charge on any atom is 0.0662 e. The van der Waals surface area contributed by atoms with E-state index >= 15 is 0 Å². The molecule has 0 aromatic carbocycles. The van der Waals surface area contributed by atoms with Gasteiger partial charge in [-0.1, -0.05) is 0 Å². The van der Waals surface area contributed by atoms with Crippen molar-refractivity contribution in [1.29, 1.82) is 0 Å². The van der Waals surface area contributed by atoms with Gasteiger partial charge >= 0.3 is 0 Å². The topological polar surface area (TPSA) is 29.5 Å². The molecule has 1 heterocycles. The number of aliphatic hydroxyl groups excluding tert-OH is 1. The van der Waals surface area contributed by atoms with Gasteiger partial charge < -0.3 is 9.84 Å². The van der Waals surface area contributed by atoms with Crippen LogP contribution in [0, 0.1) is 5.41 Å². The third kappa shape index (κ3) is 0.722. The molecule has 0 aromatic heterocycles. The molecule has 2 aliphatic rings. The second-order valence-corrected chi connectivity index (χ2v) is 4.07. The van der Waals surface area contributed by atoms with E-state index in [-0.39, 0.29) is 11.0 Å². The summed E-state index contributed by atoms with van der Waals surface area (Å²) in [5.41, 5.74) is 0.261. The van der Waals surface area contributed by atoms with Gasteiger partial charge in [-0.2, -0.15) is 0 Å². The largest absolute Gasteiger partial charge is 0.396 e. The van der Waals surface area contributed by atoms with Crippen molar-refractivity contribution in [3.05, 3.63) is 0 Å². The van der Waals surface area contributed by atoms with Gasteiger partial charge in [-0.25, -0.2) is 0 Å². The van der Waals surface area contributed by atoms with Crippen LogP contribution in [0.15, 0.2) is 0 Å². The fourth-order valence-electron chi connectivity index (χ4n) is 2.25. The molecule has 1 aliphatic heterocycles. The van der Waals surface area contributed by atoms with Crippen molar-refractivity contribution >= 4 is 0 Å². The molecule has 2 rings (SSSR count). The lowest BCUT2D eigenvalue weighted by molar-refractivity contribution is -0.0247. The number of hydrogen-bond acceptors (Lipinski definition) is 2. The lowest BCUT2D eigenvalue weighted by atomic mass is 9.89. The average Bonchev–Trinajstić information content (AvgIpc) is 2.42. The van der Waals surface area contributed by atoms with Crippen molar-refractivity contribution in [2.75, 3.05) is 13.2 Å². The Morgan fingerprint density at radius 2 is 2.30 bits per heavy atom. The molecule has 1 saturated heterocycles. The molecule has 1 N–H and O–H groups in total. The number of rotatable bonds is 1. The molecule has 0 amide bonds. The minimum atomic E-state index is 0.114. The van der Waals surface area contributed by atoms with Crippen LogP contribution in [0.3, 0.4) is 0 Å². The van der Waals surface area contributed by atoms with Crippen LogP contribution in [0.25, 0.3) is 0 Å². The Morgan fingerprint density at radius 3 is 2.50 bits per heavy atom. The first kappa shape index (κ1) is 6.62. The zero-order chi connectivity index (χ0) is 7.24. The molecule has 1 aliphatic carbocycles. The summed E-state index contributed by atoms with van der Waals surface area (Å²) in [4.78, 5) is 0. The van der Waals surface area contributed by atoms with Crippen molar-refractivity contribution in [2.24, 2.45) is 5.41 Å². The summed E-state index contributed by atoms with van der Waals surface area (Å²) in [6, 6.07) is 0. The monoisotopic (exact) mass is 142 g/mol. The van der Waals surface area contributed by atoms with Gasteiger partial charge in [-0.15, -0.1) is 0 Å². The van der Waals surface area contributed by atoms with Crippen molar-refractivity contribution in [3.8, 4) is 0 Å². The number of aliphatic hydroxyl groups is 1. The zero-order valence-corrected chi connectivity index (χ0v) is 6.39. The van der Waals surface area contributed by atoms with E-state index in [0.717, 1.165) is 25.9 Å². The van der Waals surface area contributed by atoms with Crippen LogP contribution in [0.1, 0.15) is 26.2 Å². The van der Waals surface area contributed by atoms with E-state index in [1.165, 1.54) is 0 Å². The van der Waals surface area contributed by atoms with Crippen LogP contribution in [0.4, 0.5) is 0 Å². The van der Waals surface area contributed by atoms with Crippen LogP contribution in [0.5, 0.6) is 0 Å². The van der Waals surface area contributed by atoms with Gasteiger partial charge in [0.2, 0.25) is 0 Å². The number of hydrogen-bond donors (Lipinski definition) is 1. The zero-order valence-electron chi connectivity index (χ0n) is 6.39. The van der Waals surface area contributed by atoms with Gasteiger partial charge in [0.25, 0.3) is 0 Å². The molecule has 2 nitrogen and oxygen atoms in total. The van der Waals surface area contributed by atoms with Crippen LogP contribution in [-0.4, -0.2) is 23.9 Å². The normalized spacial score (nSPS) is 52.2. The molecule has 2 fully saturated rings. The quantitative estimate of drug-likeness (QED) is 0.590. The lowest BCUT2D eigenvalue weighted by Gasteiger charge is -2.24. The molecule has 2 heteroatoms. The molecule has 58 valence electrons. The molecular formula is C8H14O2. The van der Waals surface area contributed by atoms with E-state index in [4.69, 9.17) is 9.84 Å². The van der Waals surface area contributed by atoms with E-state index in [0.29, 0.717) is 6.61 Å². The van der Waals surface area contributed by atoms with E-state index in [1.807, 2.05) is 0 Å². The Balaban J connectivity index is 2.19. The third-order valence-electron chi connectivity index (χ3n) is 3.00. The highest BCUT2D eigenvalue weighted by molar-refractivity contribution is 5.02. The van der Waals surface area contributed by atoms with Gasteiger partial charge in [0.1, 0.15) is 0 Å². The maximum atomic E-state index is 9.08. The van der Waals surface area contributed by atoms with Crippen LogP contribution in [0.2, 0.25) is 0 Å². The first-order valence-corrected chi connectivity index (χ1v) is 3.93. The third-order valence-corrected chi connectivity index (χ3v) is 3.00. The van der Waals surface area contributed by atoms with Crippen molar-refractivity contribution in [3.63, 3.8) is 0 Å². The van der Waals surface area contributed by atoms with Gasteiger partial charge in [0.05, 0.1) is 18.8 Å². The Bertz CT molecular complexity index is 145. The minimum absolute atomic E-state index is 0.114. The molecule has 2 unspecified atom stereocenters. The standard InChI is InChI=1S/C8H14O2/c1-7-2-3-8(4-7,5-9)6-10-7/h9H,2-6H2,1H3. The molecule has 0 radical (unpaired) electrons. The summed E-state index contributed by atoms with van der Waals surface area (Å²) in [6.07, 6.45) is 3.35. The number of ether oxygens (including phenoxy) is 1. The molecule has 2 atom stereocenters. The van der Waals surface area contributed by atoms with Crippen LogP contribution in [-0.2, 0) is 4.74 Å². The fraction of sp³-hybridized carbons (Fsp3) is 1.00. The Kier molecular flexibility index (Phi) is 1.15. The fourth-order valence-corrected chi connectivity index (χ4v) is 2.25. The highest BCUT2D eigenvalue weighted by Gasteiger charge is 2.52. The lowest BCUT2D eigenvalue weighted by Crippen LogP contribution is -2.25. The van der Waals surface area contributed by atoms with E-state index in [1.54, 1.807) is 0 Å². The van der Waals surface area contributed by atoms with E-state index in [2.05, 4.69) is 6.92 Å². The summed E-state index contributed by atoms with van der Waals surface area (Å²) in [5, 5.41) is 9.08. The summed E-state index contributed by atoms with van der Waals surface area (Å²) in [5.74, 6) is 0. The van der Waals surface area contributed by atoms with Gasteiger partial charge in [0.15, 0.2) is 0 Å². The Labute approximate surface area is 61.2 Å². The molecule has 1 saturated carbocycles. The minimum Gasteiger partial charge on any atom is -0.396 e. The van der Waals surface area contributed by atoms with Crippen LogP contribution < -0.4 is 0 Å².